The molecular formula is C19H16ClFN2OS. The van der Waals surface area contributed by atoms with Gasteiger partial charge in [0.25, 0.3) is 0 Å². The van der Waals surface area contributed by atoms with Crippen molar-refractivity contribution in [2.24, 2.45) is 0 Å². The molecular weight excluding hydrogens is 359 g/mol. The highest BCUT2D eigenvalue weighted by molar-refractivity contribution is 7.10. The Morgan fingerprint density at radius 3 is 2.60 bits per heavy atom. The quantitative estimate of drug-likeness (QED) is 0.647. The van der Waals surface area contributed by atoms with E-state index in [2.05, 4.69) is 10.6 Å². The Balaban J connectivity index is 1.68. The molecule has 1 atom stereocenters. The van der Waals surface area contributed by atoms with Crippen molar-refractivity contribution in [1.82, 2.24) is 5.32 Å². The summed E-state index contributed by atoms with van der Waals surface area (Å²) < 4.78 is 13.8. The van der Waals surface area contributed by atoms with Crippen LogP contribution in [0.1, 0.15) is 16.5 Å². The predicted molar refractivity (Wildman–Crippen MR) is 101 cm³/mol. The third-order valence-corrected chi connectivity index (χ3v) is 4.81. The highest BCUT2D eigenvalue weighted by Crippen LogP contribution is 2.26. The topological polar surface area (TPSA) is 41.1 Å². The lowest BCUT2D eigenvalue weighted by Crippen LogP contribution is -2.33. The number of anilines is 1. The molecule has 6 heteroatoms. The summed E-state index contributed by atoms with van der Waals surface area (Å²) in [4.78, 5) is 13.4. The molecule has 25 heavy (non-hydrogen) atoms. The Kier molecular flexibility index (Phi) is 5.68. The minimum Gasteiger partial charge on any atom is -0.374 e. The maximum Gasteiger partial charge on any atom is 0.240 e. The van der Waals surface area contributed by atoms with Gasteiger partial charge in [0, 0.05) is 9.90 Å². The Hall–Kier alpha value is -2.37. The van der Waals surface area contributed by atoms with Crippen LogP contribution in [0.2, 0.25) is 5.02 Å². The van der Waals surface area contributed by atoms with Crippen molar-refractivity contribution in [2.75, 3.05) is 11.9 Å². The summed E-state index contributed by atoms with van der Waals surface area (Å²) >= 11 is 7.30. The summed E-state index contributed by atoms with van der Waals surface area (Å²) in [5, 5.41) is 8.08. The van der Waals surface area contributed by atoms with Crippen molar-refractivity contribution in [3.05, 3.63) is 87.3 Å². The smallest absolute Gasteiger partial charge is 0.240 e. The van der Waals surface area contributed by atoms with E-state index in [1.165, 1.54) is 12.1 Å². The zero-order chi connectivity index (χ0) is 17.6. The minimum atomic E-state index is -0.488. The monoisotopic (exact) mass is 374 g/mol. The van der Waals surface area contributed by atoms with Crippen molar-refractivity contribution in [3.8, 4) is 0 Å². The zero-order valence-corrected chi connectivity index (χ0v) is 14.8. The van der Waals surface area contributed by atoms with E-state index in [9.17, 15) is 9.18 Å². The Bertz CT molecular complexity index is 840. The van der Waals surface area contributed by atoms with Gasteiger partial charge in [-0.3, -0.25) is 4.79 Å². The Labute approximate surface area is 154 Å². The average Bonchev–Trinajstić information content (AvgIpc) is 3.14. The van der Waals surface area contributed by atoms with E-state index < -0.39 is 5.82 Å². The van der Waals surface area contributed by atoms with Crippen molar-refractivity contribution in [3.63, 3.8) is 0 Å². The highest BCUT2D eigenvalue weighted by atomic mass is 35.5. The molecule has 0 spiro atoms. The van der Waals surface area contributed by atoms with Crippen LogP contribution >= 0.6 is 22.9 Å². The molecule has 0 fully saturated rings. The minimum absolute atomic E-state index is 0.0345. The number of halogens is 2. The van der Waals surface area contributed by atoms with E-state index in [1.807, 2.05) is 47.8 Å². The van der Waals surface area contributed by atoms with Gasteiger partial charge in [0.05, 0.1) is 18.3 Å². The number of amides is 1. The molecule has 0 aliphatic carbocycles. The van der Waals surface area contributed by atoms with Crippen LogP contribution in [0.25, 0.3) is 0 Å². The van der Waals surface area contributed by atoms with Crippen LogP contribution in [0.4, 0.5) is 10.1 Å². The number of hydrogen-bond acceptors (Lipinski definition) is 3. The van der Waals surface area contributed by atoms with Crippen molar-refractivity contribution < 1.29 is 9.18 Å². The summed E-state index contributed by atoms with van der Waals surface area (Å²) in [6.07, 6.45) is 0. The van der Waals surface area contributed by atoms with E-state index in [1.54, 1.807) is 17.4 Å². The molecule has 2 N–H and O–H groups in total. The lowest BCUT2D eigenvalue weighted by atomic mass is 10.1. The molecule has 2 aromatic carbocycles. The molecule has 0 aliphatic heterocycles. The van der Waals surface area contributed by atoms with Gasteiger partial charge < -0.3 is 10.6 Å². The fourth-order valence-electron chi connectivity index (χ4n) is 2.44. The number of rotatable bonds is 6. The number of hydrogen-bond donors (Lipinski definition) is 2. The first-order chi connectivity index (χ1) is 12.1. The van der Waals surface area contributed by atoms with Gasteiger partial charge in [-0.15, -0.1) is 11.3 Å². The van der Waals surface area contributed by atoms with E-state index in [0.29, 0.717) is 5.02 Å². The van der Waals surface area contributed by atoms with Crippen LogP contribution in [0, 0.1) is 5.82 Å². The maximum atomic E-state index is 13.8. The number of thiophene rings is 1. The van der Waals surface area contributed by atoms with Crippen LogP contribution in [0.5, 0.6) is 0 Å². The molecule has 1 heterocycles. The summed E-state index contributed by atoms with van der Waals surface area (Å²) in [5.74, 6) is -0.713. The molecule has 3 nitrogen and oxygen atoms in total. The molecule has 1 unspecified atom stereocenters. The summed E-state index contributed by atoms with van der Waals surface area (Å²) in [6.45, 7) is -0.0345. The normalized spacial score (nSPS) is 11.8. The van der Waals surface area contributed by atoms with Crippen LogP contribution in [0.15, 0.2) is 66.0 Å². The fraction of sp³-hybridized carbons (Fsp3) is 0.105. The lowest BCUT2D eigenvalue weighted by molar-refractivity contribution is -0.119. The largest absolute Gasteiger partial charge is 0.374 e. The van der Waals surface area contributed by atoms with E-state index in [4.69, 9.17) is 11.6 Å². The first-order valence-electron chi connectivity index (χ1n) is 7.70. The molecule has 3 aromatic rings. The van der Waals surface area contributed by atoms with Gasteiger partial charge in [-0.05, 0) is 35.2 Å². The average molecular weight is 375 g/mol. The van der Waals surface area contributed by atoms with Crippen LogP contribution in [-0.2, 0) is 4.79 Å². The molecule has 0 bridgehead atoms. The van der Waals surface area contributed by atoms with Crippen molar-refractivity contribution in [2.45, 2.75) is 6.04 Å². The Morgan fingerprint density at radius 2 is 1.92 bits per heavy atom. The summed E-state index contributed by atoms with van der Waals surface area (Å²) in [5.41, 5.74) is 1.24. The molecule has 0 radical (unpaired) electrons. The summed E-state index contributed by atoms with van der Waals surface area (Å²) in [7, 11) is 0. The number of benzene rings is 2. The van der Waals surface area contributed by atoms with E-state index in [-0.39, 0.29) is 24.2 Å². The summed E-state index contributed by atoms with van der Waals surface area (Å²) in [6, 6.07) is 17.7. The number of carbonyl (C=O) groups excluding carboxylic acids is 1. The van der Waals surface area contributed by atoms with Gasteiger partial charge in [-0.1, -0.05) is 48.0 Å². The van der Waals surface area contributed by atoms with Crippen LogP contribution in [0.3, 0.4) is 0 Å². The molecule has 1 aromatic heterocycles. The number of nitrogens with one attached hydrogen (secondary N) is 2. The maximum absolute atomic E-state index is 13.8. The van der Waals surface area contributed by atoms with Gasteiger partial charge in [0.2, 0.25) is 5.91 Å². The second-order valence-electron chi connectivity index (χ2n) is 5.40. The van der Waals surface area contributed by atoms with Crippen LogP contribution in [-0.4, -0.2) is 12.5 Å². The second kappa shape index (κ2) is 8.14. The first-order valence-corrected chi connectivity index (χ1v) is 8.96. The molecule has 0 saturated heterocycles. The molecule has 128 valence electrons. The third-order valence-electron chi connectivity index (χ3n) is 3.64. The first kappa shape index (κ1) is 17.5. The molecule has 0 saturated carbocycles. The molecule has 3 rings (SSSR count). The van der Waals surface area contributed by atoms with Gasteiger partial charge in [-0.25, -0.2) is 4.39 Å². The predicted octanol–water partition coefficient (Wildman–Crippen LogP) is 4.86. The van der Waals surface area contributed by atoms with Gasteiger partial charge >= 0.3 is 0 Å². The highest BCUT2D eigenvalue weighted by Gasteiger charge is 2.17. The Morgan fingerprint density at radius 1 is 1.12 bits per heavy atom. The number of carbonyl (C=O) groups is 1. The standard InChI is InChI=1S/C19H16ClFN2OS/c20-14-8-9-16(15(21)11-14)22-12-18(24)23-19(17-7-4-10-25-17)13-5-2-1-3-6-13/h1-11,19,22H,12H2,(H,23,24). The SMILES string of the molecule is O=C(CNc1ccc(Cl)cc1F)NC(c1ccccc1)c1cccs1. The van der Waals surface area contributed by atoms with E-state index in [0.717, 1.165) is 10.4 Å². The van der Waals surface area contributed by atoms with Crippen molar-refractivity contribution >= 4 is 34.5 Å². The van der Waals surface area contributed by atoms with Gasteiger partial charge in [0.1, 0.15) is 5.82 Å². The third kappa shape index (κ3) is 4.59. The second-order valence-corrected chi connectivity index (χ2v) is 6.82. The van der Waals surface area contributed by atoms with Crippen LogP contribution < -0.4 is 10.6 Å². The van der Waals surface area contributed by atoms with Crippen molar-refractivity contribution in [1.29, 1.82) is 0 Å². The fourth-order valence-corrected chi connectivity index (χ4v) is 3.40. The molecule has 1 amide bonds. The lowest BCUT2D eigenvalue weighted by Gasteiger charge is -2.18. The van der Waals surface area contributed by atoms with Gasteiger partial charge in [-0.2, -0.15) is 0 Å². The zero-order valence-electron chi connectivity index (χ0n) is 13.2. The molecule has 0 aliphatic rings. The van der Waals surface area contributed by atoms with Gasteiger partial charge in [0.15, 0.2) is 0 Å². The van der Waals surface area contributed by atoms with E-state index >= 15 is 0 Å².